The van der Waals surface area contributed by atoms with Gasteiger partial charge in [0, 0.05) is 12.5 Å². The van der Waals surface area contributed by atoms with Crippen LogP contribution in [0.5, 0.6) is 0 Å². The lowest BCUT2D eigenvalue weighted by molar-refractivity contribution is -0.153. The van der Waals surface area contributed by atoms with Crippen LogP contribution in [0.1, 0.15) is 65.7 Å². The molecule has 4 heteroatoms. The summed E-state index contributed by atoms with van der Waals surface area (Å²) in [4.78, 5) is 23.4. The third-order valence-electron chi connectivity index (χ3n) is 4.51. The van der Waals surface area contributed by atoms with Crippen LogP contribution >= 0.6 is 0 Å². The van der Waals surface area contributed by atoms with E-state index in [4.69, 9.17) is 0 Å². The first-order valence-electron chi connectivity index (χ1n) is 7.39. The Labute approximate surface area is 116 Å². The number of carbonyl (C=O) groups excluding carboxylic acids is 1. The Morgan fingerprint density at radius 2 is 1.74 bits per heavy atom. The molecule has 1 aliphatic carbocycles. The molecule has 1 fully saturated rings. The average molecular weight is 269 g/mol. The number of carboxylic acid groups (broad SMARTS) is 1. The van der Waals surface area contributed by atoms with Crippen LogP contribution in [-0.2, 0) is 9.59 Å². The van der Waals surface area contributed by atoms with Crippen molar-refractivity contribution < 1.29 is 14.7 Å². The highest BCUT2D eigenvalue weighted by molar-refractivity contribution is 5.85. The van der Waals surface area contributed by atoms with E-state index in [1.807, 2.05) is 13.8 Å². The topological polar surface area (TPSA) is 66.4 Å². The molecule has 1 rings (SSSR count). The van der Waals surface area contributed by atoms with Crippen LogP contribution in [0.2, 0.25) is 0 Å². The smallest absolute Gasteiger partial charge is 0.310 e. The van der Waals surface area contributed by atoms with Gasteiger partial charge < -0.3 is 10.4 Å². The maximum Gasteiger partial charge on any atom is 0.310 e. The van der Waals surface area contributed by atoms with E-state index in [0.717, 1.165) is 25.7 Å². The van der Waals surface area contributed by atoms with Crippen molar-refractivity contribution in [2.24, 2.45) is 11.3 Å². The highest BCUT2D eigenvalue weighted by atomic mass is 16.4. The molecule has 0 aliphatic heterocycles. The van der Waals surface area contributed by atoms with Gasteiger partial charge in [-0.05, 0) is 25.7 Å². The minimum absolute atomic E-state index is 0.0649. The molecule has 1 aliphatic rings. The average Bonchev–Trinajstić information content (AvgIpc) is 2.56. The van der Waals surface area contributed by atoms with Crippen molar-refractivity contribution in [1.82, 2.24) is 5.32 Å². The summed E-state index contributed by atoms with van der Waals surface area (Å²) < 4.78 is 0. The van der Waals surface area contributed by atoms with Gasteiger partial charge in [0.25, 0.3) is 0 Å². The van der Waals surface area contributed by atoms with E-state index in [1.165, 1.54) is 12.8 Å². The van der Waals surface area contributed by atoms with Crippen molar-refractivity contribution in [2.45, 2.75) is 71.8 Å². The Morgan fingerprint density at radius 1 is 1.21 bits per heavy atom. The number of nitrogens with one attached hydrogen (secondary N) is 1. The van der Waals surface area contributed by atoms with Crippen LogP contribution in [0.3, 0.4) is 0 Å². The Morgan fingerprint density at radius 3 is 2.16 bits per heavy atom. The number of amides is 1. The van der Waals surface area contributed by atoms with Crippen LogP contribution in [0.25, 0.3) is 0 Å². The van der Waals surface area contributed by atoms with Crippen molar-refractivity contribution >= 4 is 11.9 Å². The van der Waals surface area contributed by atoms with E-state index in [2.05, 4.69) is 5.32 Å². The van der Waals surface area contributed by atoms with E-state index in [1.54, 1.807) is 6.92 Å². The molecule has 0 heterocycles. The number of rotatable bonds is 5. The molecule has 0 aromatic rings. The summed E-state index contributed by atoms with van der Waals surface area (Å²) in [7, 11) is 0. The minimum Gasteiger partial charge on any atom is -0.481 e. The lowest BCUT2D eigenvalue weighted by atomic mass is 9.76. The predicted octanol–water partition coefficient (Wildman–Crippen LogP) is 2.96. The lowest BCUT2D eigenvalue weighted by Gasteiger charge is -2.29. The van der Waals surface area contributed by atoms with Crippen LogP contribution in [0.15, 0.2) is 0 Å². The Kier molecular flexibility index (Phi) is 5.83. The van der Waals surface area contributed by atoms with E-state index in [9.17, 15) is 14.7 Å². The third kappa shape index (κ3) is 4.51. The SMILES string of the molecule is CC(C)C(C)(CC(=O)NC1CCCCCC1)C(=O)O. The molecule has 0 saturated heterocycles. The molecule has 1 amide bonds. The van der Waals surface area contributed by atoms with E-state index in [0.29, 0.717) is 0 Å². The summed E-state index contributed by atoms with van der Waals surface area (Å²) in [5.41, 5.74) is -0.977. The van der Waals surface area contributed by atoms with Crippen molar-refractivity contribution in [3.8, 4) is 0 Å². The van der Waals surface area contributed by atoms with Crippen LogP contribution < -0.4 is 5.32 Å². The molecular weight excluding hydrogens is 242 g/mol. The third-order valence-corrected chi connectivity index (χ3v) is 4.51. The summed E-state index contributed by atoms with van der Waals surface area (Å²) >= 11 is 0. The summed E-state index contributed by atoms with van der Waals surface area (Å²) in [6.07, 6.45) is 6.91. The monoisotopic (exact) mass is 269 g/mol. The molecule has 0 aromatic carbocycles. The first-order valence-corrected chi connectivity index (χ1v) is 7.39. The van der Waals surface area contributed by atoms with Gasteiger partial charge in [0.15, 0.2) is 0 Å². The fraction of sp³-hybridized carbons (Fsp3) is 0.867. The summed E-state index contributed by atoms with van der Waals surface area (Å²) in [5, 5.41) is 12.3. The zero-order valence-electron chi connectivity index (χ0n) is 12.4. The number of hydrogen-bond acceptors (Lipinski definition) is 2. The Balaban J connectivity index is 2.55. The van der Waals surface area contributed by atoms with Crippen LogP contribution in [-0.4, -0.2) is 23.0 Å². The maximum absolute atomic E-state index is 12.1. The van der Waals surface area contributed by atoms with Gasteiger partial charge in [-0.25, -0.2) is 0 Å². The van der Waals surface area contributed by atoms with Gasteiger partial charge >= 0.3 is 5.97 Å². The molecule has 19 heavy (non-hydrogen) atoms. The standard InChI is InChI=1S/C15H27NO3/c1-11(2)15(3,14(18)19)10-13(17)16-12-8-6-4-5-7-9-12/h11-12H,4-10H2,1-3H3,(H,16,17)(H,18,19). The fourth-order valence-corrected chi connectivity index (χ4v) is 2.56. The maximum atomic E-state index is 12.1. The van der Waals surface area contributed by atoms with Crippen molar-refractivity contribution in [3.63, 3.8) is 0 Å². The van der Waals surface area contributed by atoms with Gasteiger partial charge in [0.1, 0.15) is 0 Å². The van der Waals surface area contributed by atoms with Gasteiger partial charge in [-0.2, -0.15) is 0 Å². The zero-order valence-corrected chi connectivity index (χ0v) is 12.4. The fourth-order valence-electron chi connectivity index (χ4n) is 2.56. The molecule has 4 nitrogen and oxygen atoms in total. The van der Waals surface area contributed by atoms with Crippen LogP contribution in [0, 0.1) is 11.3 Å². The molecule has 1 saturated carbocycles. The minimum atomic E-state index is -0.977. The molecular formula is C15H27NO3. The Bertz CT molecular complexity index is 319. The number of hydrogen-bond donors (Lipinski definition) is 2. The molecule has 110 valence electrons. The highest BCUT2D eigenvalue weighted by Gasteiger charge is 2.39. The lowest BCUT2D eigenvalue weighted by Crippen LogP contribution is -2.42. The van der Waals surface area contributed by atoms with E-state index in [-0.39, 0.29) is 24.3 Å². The van der Waals surface area contributed by atoms with E-state index < -0.39 is 11.4 Å². The largest absolute Gasteiger partial charge is 0.481 e. The van der Waals surface area contributed by atoms with Gasteiger partial charge in [0.05, 0.1) is 5.41 Å². The molecule has 0 spiro atoms. The van der Waals surface area contributed by atoms with Crippen molar-refractivity contribution in [1.29, 1.82) is 0 Å². The second kappa shape index (κ2) is 6.92. The molecule has 2 N–H and O–H groups in total. The molecule has 1 unspecified atom stereocenters. The summed E-state index contributed by atoms with van der Waals surface area (Å²) in [6.45, 7) is 5.37. The normalized spacial score (nSPS) is 20.6. The summed E-state index contributed by atoms with van der Waals surface area (Å²) in [5.74, 6) is -1.08. The summed E-state index contributed by atoms with van der Waals surface area (Å²) in [6, 6.07) is 0.236. The van der Waals surface area contributed by atoms with Gasteiger partial charge in [0.2, 0.25) is 5.91 Å². The number of carboxylic acids is 1. The molecule has 1 atom stereocenters. The van der Waals surface area contributed by atoms with Gasteiger partial charge in [-0.1, -0.05) is 39.5 Å². The molecule has 0 aromatic heterocycles. The Hall–Kier alpha value is -1.06. The van der Waals surface area contributed by atoms with Crippen molar-refractivity contribution in [2.75, 3.05) is 0 Å². The molecule has 0 radical (unpaired) electrons. The predicted molar refractivity (Wildman–Crippen MR) is 74.8 cm³/mol. The second-order valence-electron chi connectivity index (χ2n) is 6.31. The highest BCUT2D eigenvalue weighted by Crippen LogP contribution is 2.31. The second-order valence-corrected chi connectivity index (χ2v) is 6.31. The first-order chi connectivity index (χ1) is 8.86. The van der Waals surface area contributed by atoms with Gasteiger partial charge in [-0.3, -0.25) is 9.59 Å². The quantitative estimate of drug-likeness (QED) is 0.754. The molecule has 0 bridgehead atoms. The van der Waals surface area contributed by atoms with Gasteiger partial charge in [-0.15, -0.1) is 0 Å². The van der Waals surface area contributed by atoms with E-state index >= 15 is 0 Å². The van der Waals surface area contributed by atoms with Crippen molar-refractivity contribution in [3.05, 3.63) is 0 Å². The number of aliphatic carboxylic acids is 1. The van der Waals surface area contributed by atoms with Crippen LogP contribution in [0.4, 0.5) is 0 Å². The first kappa shape index (κ1) is 16.0. The number of carbonyl (C=O) groups is 2. The zero-order chi connectivity index (χ0) is 14.5.